The van der Waals surface area contributed by atoms with Crippen molar-refractivity contribution in [2.45, 2.75) is 46.0 Å². The Labute approximate surface area is 103 Å². The first-order valence-corrected chi connectivity index (χ1v) is 4.54. The molecule has 0 aromatic carbocycles. The van der Waals surface area contributed by atoms with Crippen LogP contribution in [0, 0.1) is 17.3 Å². The van der Waals surface area contributed by atoms with Gasteiger partial charge in [-0.25, -0.2) is 0 Å². The Morgan fingerprint density at radius 2 is 1.67 bits per heavy atom. The predicted molar refractivity (Wildman–Crippen MR) is 49.4 cm³/mol. The van der Waals surface area contributed by atoms with Crippen LogP contribution in [0.25, 0.3) is 0 Å². The quantitative estimate of drug-likeness (QED) is 0.441. The summed E-state index contributed by atoms with van der Waals surface area (Å²) < 4.78 is 0. The van der Waals surface area contributed by atoms with Crippen molar-refractivity contribution in [3.05, 3.63) is 5.92 Å². The minimum atomic E-state index is 0. The summed E-state index contributed by atoms with van der Waals surface area (Å²) in [5, 5.41) is 0. The van der Waals surface area contributed by atoms with Crippen LogP contribution in [-0.4, -0.2) is 23.1 Å². The van der Waals surface area contributed by atoms with E-state index in [9.17, 15) is 0 Å². The fraction of sp³-hybridized carbons (Fsp3) is 0.900. The van der Waals surface area contributed by atoms with Crippen molar-refractivity contribution in [1.29, 1.82) is 0 Å². The number of halogens is 1. The van der Waals surface area contributed by atoms with E-state index < -0.39 is 0 Å². The van der Waals surface area contributed by atoms with Crippen molar-refractivity contribution in [1.82, 2.24) is 0 Å². The molecule has 12 heavy (non-hydrogen) atoms. The second kappa shape index (κ2) is 4.65. The van der Waals surface area contributed by atoms with E-state index in [2.05, 4.69) is 13.8 Å². The van der Waals surface area contributed by atoms with Crippen LogP contribution < -0.4 is 17.0 Å². The largest absolute Gasteiger partial charge is 2.00 e. The molecule has 0 nitrogen and oxygen atoms in total. The molecule has 0 amide bonds. The van der Waals surface area contributed by atoms with E-state index in [0.29, 0.717) is 0 Å². The van der Waals surface area contributed by atoms with Crippen molar-refractivity contribution in [3.8, 4) is 0 Å². The van der Waals surface area contributed by atoms with E-state index in [4.69, 9.17) is 0 Å². The van der Waals surface area contributed by atoms with Crippen molar-refractivity contribution >= 4 is 23.1 Å². The minimum absolute atomic E-state index is 0. The van der Waals surface area contributed by atoms with Crippen LogP contribution in [0.1, 0.15) is 46.0 Å². The van der Waals surface area contributed by atoms with Crippen molar-refractivity contribution in [3.63, 3.8) is 0 Å². The van der Waals surface area contributed by atoms with Gasteiger partial charge in [-0.05, 0) is 5.92 Å². The monoisotopic (exact) mass is 240 g/mol. The van der Waals surface area contributed by atoms with E-state index in [1.165, 1.54) is 32.1 Å². The van der Waals surface area contributed by atoms with E-state index in [0.717, 1.165) is 11.3 Å². The van der Waals surface area contributed by atoms with Gasteiger partial charge in [-0.15, -0.1) is 0 Å². The summed E-state index contributed by atoms with van der Waals surface area (Å²) in [5.41, 5.74) is 0.727. The smallest absolute Gasteiger partial charge is 1.00 e. The Bertz CT molecular complexity index is 137. The molecule has 0 saturated heterocycles. The molecule has 0 heterocycles. The first-order chi connectivity index (χ1) is 4.73. The van der Waals surface area contributed by atoms with E-state index in [1.54, 1.807) is 5.92 Å². The zero-order valence-corrected chi connectivity index (χ0v) is 11.2. The van der Waals surface area contributed by atoms with Gasteiger partial charge in [0.05, 0.1) is 0 Å². The van der Waals surface area contributed by atoms with Gasteiger partial charge in [-0.1, -0.05) is 32.1 Å². The first kappa shape index (κ1) is 13.2. The second-order valence-electron chi connectivity index (χ2n) is 4.43. The van der Waals surface area contributed by atoms with Gasteiger partial charge in [0, 0.05) is 0 Å². The Morgan fingerprint density at radius 3 is 1.83 bits per heavy atom. The van der Waals surface area contributed by atoms with Gasteiger partial charge in [-0.2, -0.15) is 19.3 Å². The average Bonchev–Trinajstić information content (AvgIpc) is 2.45. The molecular formula is C10H17BrMg. The summed E-state index contributed by atoms with van der Waals surface area (Å²) in [6.07, 6.45) is 7.56. The fourth-order valence-electron chi connectivity index (χ4n) is 2.90. The van der Waals surface area contributed by atoms with Crippen LogP contribution >= 0.6 is 0 Å². The number of rotatable bonds is 1. The van der Waals surface area contributed by atoms with Crippen molar-refractivity contribution < 1.29 is 17.0 Å². The standard InChI is InChI=1S/C10H17.BrH.Mg/c1-8(2)10-5-3-9(7-10)4-6-10;;/h9H,3-7H2,1-2H3;1H;/q-1;;+2/p-1. The molecule has 0 aromatic rings. The van der Waals surface area contributed by atoms with Gasteiger partial charge in [-0.3, -0.25) is 0 Å². The maximum Gasteiger partial charge on any atom is 2.00 e. The van der Waals surface area contributed by atoms with E-state index >= 15 is 0 Å². The molecule has 66 valence electrons. The van der Waals surface area contributed by atoms with Crippen LogP contribution in [0.2, 0.25) is 0 Å². The van der Waals surface area contributed by atoms with Gasteiger partial charge in [0.2, 0.25) is 0 Å². The van der Waals surface area contributed by atoms with Crippen LogP contribution in [0.15, 0.2) is 0 Å². The molecule has 0 atom stereocenters. The van der Waals surface area contributed by atoms with E-state index in [-0.39, 0.29) is 40.0 Å². The van der Waals surface area contributed by atoms with Gasteiger partial charge in [0.15, 0.2) is 0 Å². The zero-order valence-electron chi connectivity index (χ0n) is 8.20. The third-order valence-corrected chi connectivity index (χ3v) is 3.80. The van der Waals surface area contributed by atoms with E-state index in [1.807, 2.05) is 0 Å². The van der Waals surface area contributed by atoms with Gasteiger partial charge in [0.1, 0.15) is 0 Å². The normalized spacial score (nSPS) is 37.8. The second-order valence-corrected chi connectivity index (χ2v) is 4.43. The molecule has 0 aromatic heterocycles. The van der Waals surface area contributed by atoms with Crippen molar-refractivity contribution in [2.75, 3.05) is 0 Å². The number of hydrogen-bond donors (Lipinski definition) is 0. The predicted octanol–water partition coefficient (Wildman–Crippen LogP) is -0.196. The third kappa shape index (κ3) is 2.01. The average molecular weight is 241 g/mol. The summed E-state index contributed by atoms with van der Waals surface area (Å²) in [6.45, 7) is 4.65. The Balaban J connectivity index is 0.000000605. The molecule has 2 aliphatic rings. The summed E-state index contributed by atoms with van der Waals surface area (Å²) in [5.74, 6) is 2.81. The van der Waals surface area contributed by atoms with Crippen LogP contribution in [0.3, 0.4) is 0 Å². The zero-order chi connectivity index (χ0) is 7.19. The minimum Gasteiger partial charge on any atom is -1.00 e. The third-order valence-electron chi connectivity index (χ3n) is 3.80. The molecule has 2 heteroatoms. The summed E-state index contributed by atoms with van der Waals surface area (Å²) in [6, 6.07) is 0. The van der Waals surface area contributed by atoms with Crippen LogP contribution in [0.5, 0.6) is 0 Å². The molecule has 2 aliphatic carbocycles. The number of hydrogen-bond acceptors (Lipinski definition) is 0. The molecule has 0 radical (unpaired) electrons. The van der Waals surface area contributed by atoms with Crippen LogP contribution in [0.4, 0.5) is 0 Å². The van der Waals surface area contributed by atoms with Gasteiger partial charge in [0.25, 0.3) is 0 Å². The maximum absolute atomic E-state index is 2.33. The topological polar surface area (TPSA) is 0 Å². The Morgan fingerprint density at radius 1 is 1.17 bits per heavy atom. The van der Waals surface area contributed by atoms with Gasteiger partial charge >= 0.3 is 23.1 Å². The number of fused-ring (bicyclic) bond motifs is 2. The summed E-state index contributed by atoms with van der Waals surface area (Å²) in [7, 11) is 0. The molecule has 0 N–H and O–H groups in total. The van der Waals surface area contributed by atoms with Crippen molar-refractivity contribution in [2.24, 2.45) is 11.3 Å². The van der Waals surface area contributed by atoms with Crippen LogP contribution in [-0.2, 0) is 0 Å². The Hall–Kier alpha value is 1.25. The molecule has 2 saturated carbocycles. The molecule has 0 unspecified atom stereocenters. The Kier molecular flexibility index (Phi) is 5.14. The molecule has 2 rings (SSSR count). The summed E-state index contributed by atoms with van der Waals surface area (Å²) >= 11 is 0. The molecule has 2 fully saturated rings. The van der Waals surface area contributed by atoms with Gasteiger partial charge < -0.3 is 22.9 Å². The molecule has 0 aliphatic heterocycles. The SMILES string of the molecule is C[C-](C)C12CCC(CC1)C2.[Br-].[Mg+2]. The fourth-order valence-corrected chi connectivity index (χ4v) is 2.90. The summed E-state index contributed by atoms with van der Waals surface area (Å²) in [4.78, 5) is 0. The molecule has 0 spiro atoms. The molecule has 2 bridgehead atoms. The first-order valence-electron chi connectivity index (χ1n) is 4.54. The molecular weight excluding hydrogens is 224 g/mol. The maximum atomic E-state index is 2.33.